The topological polar surface area (TPSA) is 78.5 Å². The third kappa shape index (κ3) is 6.20. The van der Waals surface area contributed by atoms with Gasteiger partial charge in [0.25, 0.3) is 17.1 Å². The van der Waals surface area contributed by atoms with Gasteiger partial charge in [0.1, 0.15) is 6.04 Å². The van der Waals surface area contributed by atoms with Gasteiger partial charge in [0.15, 0.2) is 0 Å². The smallest absolute Gasteiger partial charge is 0.285 e. The lowest BCUT2D eigenvalue weighted by atomic mass is 10.1. The van der Waals surface area contributed by atoms with E-state index in [4.69, 9.17) is 0 Å². The van der Waals surface area contributed by atoms with Crippen LogP contribution in [0.5, 0.6) is 0 Å². The fourth-order valence-corrected chi connectivity index (χ4v) is 3.42. The van der Waals surface area contributed by atoms with Crippen molar-refractivity contribution in [1.29, 1.82) is 0 Å². The number of nitrogens with one attached hydrogen (secondary N) is 2. The summed E-state index contributed by atoms with van der Waals surface area (Å²) in [6.45, 7) is 0. The van der Waals surface area contributed by atoms with Crippen molar-refractivity contribution >= 4 is 34.5 Å². The van der Waals surface area contributed by atoms with Crippen LogP contribution in [0.2, 0.25) is 0 Å². The molecular weight excluding hydrogens is 410 g/mol. The zero-order valence-corrected chi connectivity index (χ0v) is 18.1. The van der Waals surface area contributed by atoms with Crippen LogP contribution in [0.1, 0.15) is 22.0 Å². The molecule has 0 bridgehead atoms. The van der Waals surface area contributed by atoms with Crippen LogP contribution in [0, 0.1) is 0 Å². The number of anilines is 1. The first kappa shape index (κ1) is 22.1. The fourth-order valence-electron chi connectivity index (χ4n) is 2.76. The summed E-state index contributed by atoms with van der Waals surface area (Å²) in [6.07, 6.45) is 0. The summed E-state index contributed by atoms with van der Waals surface area (Å²) < 4.78 is 0. The van der Waals surface area contributed by atoms with Gasteiger partial charge in [-0.1, -0.05) is 48.5 Å². The molecule has 1 unspecified atom stereocenters. The Morgan fingerprint density at radius 2 is 1.39 bits per heavy atom. The van der Waals surface area contributed by atoms with E-state index in [-0.39, 0.29) is 17.1 Å². The Balaban J connectivity index is 1.74. The van der Waals surface area contributed by atoms with Crippen molar-refractivity contribution in [2.45, 2.75) is 10.9 Å². The number of hydrogen-bond donors (Lipinski definition) is 2. The minimum Gasteiger partial charge on any atom is -0.339 e. The third-order valence-electron chi connectivity index (χ3n) is 4.40. The van der Waals surface area contributed by atoms with E-state index in [0.29, 0.717) is 16.8 Å². The van der Waals surface area contributed by atoms with Crippen LogP contribution < -0.4 is 10.6 Å². The number of thioether (sulfide) groups is 1. The predicted molar refractivity (Wildman–Crippen MR) is 123 cm³/mol. The summed E-state index contributed by atoms with van der Waals surface area (Å²) in [5.41, 5.74) is 1.72. The average Bonchev–Trinajstić information content (AvgIpc) is 2.79. The van der Waals surface area contributed by atoms with Gasteiger partial charge in [-0.05, 0) is 53.7 Å². The maximum Gasteiger partial charge on any atom is 0.285 e. The summed E-state index contributed by atoms with van der Waals surface area (Å²) in [4.78, 5) is 39.8. The van der Waals surface area contributed by atoms with Crippen LogP contribution in [0.3, 0.4) is 0 Å². The van der Waals surface area contributed by atoms with Gasteiger partial charge in [-0.15, -0.1) is 0 Å². The highest BCUT2D eigenvalue weighted by atomic mass is 32.2. The van der Waals surface area contributed by atoms with Crippen LogP contribution in [0.15, 0.2) is 89.8 Å². The van der Waals surface area contributed by atoms with E-state index in [1.165, 1.54) is 4.90 Å². The van der Waals surface area contributed by atoms with Crippen molar-refractivity contribution in [3.05, 3.63) is 96.1 Å². The van der Waals surface area contributed by atoms with Crippen LogP contribution in [0.25, 0.3) is 0 Å². The van der Waals surface area contributed by atoms with E-state index in [9.17, 15) is 14.4 Å². The van der Waals surface area contributed by atoms with Crippen LogP contribution in [-0.2, 0) is 4.79 Å². The second kappa shape index (κ2) is 10.4. The zero-order chi connectivity index (χ0) is 22.2. The van der Waals surface area contributed by atoms with Gasteiger partial charge >= 0.3 is 0 Å². The molecule has 0 saturated carbocycles. The first-order chi connectivity index (χ1) is 14.9. The summed E-state index contributed by atoms with van der Waals surface area (Å²) in [5.74, 6) is -0.696. The third-order valence-corrected chi connectivity index (χ3v) is 5.45. The van der Waals surface area contributed by atoms with Gasteiger partial charge in [-0.2, -0.15) is 0 Å². The Morgan fingerprint density at radius 1 is 0.806 bits per heavy atom. The summed E-state index contributed by atoms with van der Waals surface area (Å²) in [5, 5.41) is 5.58. The van der Waals surface area contributed by atoms with E-state index in [2.05, 4.69) is 10.6 Å². The van der Waals surface area contributed by atoms with Crippen molar-refractivity contribution < 1.29 is 14.4 Å². The highest BCUT2D eigenvalue weighted by Crippen LogP contribution is 2.23. The average molecular weight is 434 g/mol. The van der Waals surface area contributed by atoms with Crippen molar-refractivity contribution in [3.8, 4) is 0 Å². The summed E-state index contributed by atoms with van der Waals surface area (Å²) >= 11 is 1.11. The molecule has 0 radical (unpaired) electrons. The molecule has 0 spiro atoms. The minimum absolute atomic E-state index is 0.0791. The Labute approximate surface area is 185 Å². The number of amides is 3. The normalized spacial score (nSPS) is 11.3. The van der Waals surface area contributed by atoms with E-state index < -0.39 is 6.04 Å². The lowest BCUT2D eigenvalue weighted by molar-refractivity contribution is -0.118. The molecule has 3 aromatic carbocycles. The van der Waals surface area contributed by atoms with E-state index in [1.54, 1.807) is 74.8 Å². The molecule has 0 heterocycles. The second-order valence-corrected chi connectivity index (χ2v) is 7.98. The SMILES string of the molecule is CN(C)C(=O)Sc1ccc(NC(=O)C(NC(=O)c2ccccc2)c2ccccc2)cc1. The maximum atomic E-state index is 13.0. The molecule has 158 valence electrons. The van der Waals surface area contributed by atoms with Crippen molar-refractivity contribution in [2.75, 3.05) is 19.4 Å². The number of nitrogens with zero attached hydrogens (tertiary/aromatic N) is 1. The van der Waals surface area contributed by atoms with E-state index >= 15 is 0 Å². The monoisotopic (exact) mass is 433 g/mol. The molecule has 0 fully saturated rings. The molecule has 3 aromatic rings. The molecule has 6 nitrogen and oxygen atoms in total. The maximum absolute atomic E-state index is 13.0. The van der Waals surface area contributed by atoms with Gasteiger partial charge in [0.05, 0.1) is 0 Å². The van der Waals surface area contributed by atoms with Crippen molar-refractivity contribution in [1.82, 2.24) is 10.2 Å². The summed E-state index contributed by atoms with van der Waals surface area (Å²) in [6, 6.07) is 24.0. The van der Waals surface area contributed by atoms with Crippen LogP contribution in [0.4, 0.5) is 10.5 Å². The lowest BCUT2D eigenvalue weighted by Gasteiger charge is -2.19. The molecule has 7 heteroatoms. The first-order valence-corrected chi connectivity index (χ1v) is 10.5. The van der Waals surface area contributed by atoms with Gasteiger partial charge in [0.2, 0.25) is 0 Å². The molecule has 3 amide bonds. The molecule has 0 aliphatic carbocycles. The molecule has 0 saturated heterocycles. The largest absolute Gasteiger partial charge is 0.339 e. The standard InChI is InChI=1S/C24H23N3O3S/c1-27(2)24(30)31-20-15-13-19(14-16-20)25-23(29)21(17-9-5-3-6-10-17)26-22(28)18-11-7-4-8-12-18/h3-16,21H,1-2H3,(H,25,29)(H,26,28). The zero-order valence-electron chi connectivity index (χ0n) is 17.2. The predicted octanol–water partition coefficient (Wildman–Crippen LogP) is 4.57. The number of carbonyl (C=O) groups excluding carboxylic acids is 3. The number of rotatable bonds is 6. The number of hydrogen-bond acceptors (Lipinski definition) is 4. The lowest BCUT2D eigenvalue weighted by Crippen LogP contribution is -2.37. The van der Waals surface area contributed by atoms with Gasteiger partial charge < -0.3 is 15.5 Å². The molecule has 1 atom stereocenters. The van der Waals surface area contributed by atoms with Crippen LogP contribution >= 0.6 is 11.8 Å². The van der Waals surface area contributed by atoms with Crippen LogP contribution in [-0.4, -0.2) is 36.0 Å². The number of benzene rings is 3. The fraction of sp³-hybridized carbons (Fsp3) is 0.125. The molecule has 0 aliphatic rings. The van der Waals surface area contributed by atoms with Gasteiger partial charge in [0, 0.05) is 30.2 Å². The molecule has 2 N–H and O–H groups in total. The van der Waals surface area contributed by atoms with Gasteiger partial charge in [-0.25, -0.2) is 0 Å². The Morgan fingerprint density at radius 3 is 1.97 bits per heavy atom. The Kier molecular flexibility index (Phi) is 7.45. The number of carbonyl (C=O) groups is 3. The minimum atomic E-state index is -0.863. The quantitative estimate of drug-likeness (QED) is 0.558. The van der Waals surface area contributed by atoms with E-state index in [1.807, 2.05) is 24.3 Å². The highest BCUT2D eigenvalue weighted by Gasteiger charge is 2.23. The molecule has 31 heavy (non-hydrogen) atoms. The molecular formula is C24H23N3O3S. The highest BCUT2D eigenvalue weighted by molar-refractivity contribution is 8.13. The second-order valence-electron chi connectivity index (χ2n) is 6.96. The summed E-state index contributed by atoms with van der Waals surface area (Å²) in [7, 11) is 3.38. The first-order valence-electron chi connectivity index (χ1n) is 9.65. The van der Waals surface area contributed by atoms with E-state index in [0.717, 1.165) is 16.7 Å². The molecule has 0 aromatic heterocycles. The van der Waals surface area contributed by atoms with Crippen molar-refractivity contribution in [3.63, 3.8) is 0 Å². The molecule has 0 aliphatic heterocycles. The van der Waals surface area contributed by atoms with Crippen molar-refractivity contribution in [2.24, 2.45) is 0 Å². The Hall–Kier alpha value is -3.58. The Bertz CT molecular complexity index is 1040. The molecule has 3 rings (SSSR count). The van der Waals surface area contributed by atoms with Gasteiger partial charge in [-0.3, -0.25) is 14.4 Å².